The summed E-state index contributed by atoms with van der Waals surface area (Å²) in [7, 11) is -3.62. The lowest BCUT2D eigenvalue weighted by Crippen LogP contribution is -2.13. The number of sulfone groups is 1. The average molecular weight is 414 g/mol. The van der Waals surface area contributed by atoms with E-state index in [4.69, 9.17) is 23.2 Å². The highest BCUT2D eigenvalue weighted by Gasteiger charge is 2.19. The molecule has 26 heavy (non-hydrogen) atoms. The second-order valence-corrected chi connectivity index (χ2v) is 8.46. The number of benzene rings is 2. The summed E-state index contributed by atoms with van der Waals surface area (Å²) in [5.41, 5.74) is 1.53. The summed E-state index contributed by atoms with van der Waals surface area (Å²) in [6.07, 6.45) is 1.54. The molecule has 0 aliphatic rings. The van der Waals surface area contributed by atoms with Crippen molar-refractivity contribution in [1.82, 2.24) is 9.97 Å². The summed E-state index contributed by atoms with van der Waals surface area (Å²) < 4.78 is 37.4. The monoisotopic (exact) mass is 413 g/mol. The molecule has 0 atom stereocenters. The number of hydrogen-bond donors (Lipinski definition) is 1. The second-order valence-electron chi connectivity index (χ2n) is 5.71. The van der Waals surface area contributed by atoms with Crippen LogP contribution in [0.5, 0.6) is 0 Å². The molecule has 0 unspecified atom stereocenters. The Balaban J connectivity index is 1.93. The molecule has 0 bridgehead atoms. The van der Waals surface area contributed by atoms with E-state index in [1.165, 1.54) is 24.3 Å². The minimum Gasteiger partial charge on any atom is -0.367 e. The SMILES string of the molecule is CS(=O)(=O)c1nc2cc(Cl)c(Cl)cc2nc1NCCc1cccc(F)c1. The Morgan fingerprint density at radius 2 is 1.73 bits per heavy atom. The number of nitrogens with zero attached hydrogens (tertiary/aromatic N) is 2. The molecule has 136 valence electrons. The molecule has 0 radical (unpaired) electrons. The lowest BCUT2D eigenvalue weighted by Gasteiger charge is -2.11. The van der Waals surface area contributed by atoms with Crippen LogP contribution in [-0.4, -0.2) is 31.2 Å². The molecule has 0 saturated carbocycles. The largest absolute Gasteiger partial charge is 0.367 e. The number of fused-ring (bicyclic) bond motifs is 1. The molecule has 5 nitrogen and oxygen atoms in total. The van der Waals surface area contributed by atoms with Gasteiger partial charge in [0.05, 0.1) is 21.1 Å². The van der Waals surface area contributed by atoms with Gasteiger partial charge in [0.2, 0.25) is 0 Å². The Bertz CT molecular complexity index is 1090. The molecule has 0 fully saturated rings. The zero-order chi connectivity index (χ0) is 18.9. The molecular formula is C17H14Cl2FN3O2S. The Hall–Kier alpha value is -1.96. The van der Waals surface area contributed by atoms with E-state index in [0.29, 0.717) is 29.0 Å². The topological polar surface area (TPSA) is 72.0 Å². The maximum absolute atomic E-state index is 13.2. The highest BCUT2D eigenvalue weighted by atomic mass is 35.5. The van der Waals surface area contributed by atoms with E-state index >= 15 is 0 Å². The quantitative estimate of drug-likeness (QED) is 0.680. The van der Waals surface area contributed by atoms with E-state index in [1.54, 1.807) is 12.1 Å². The van der Waals surface area contributed by atoms with Crippen molar-refractivity contribution in [3.63, 3.8) is 0 Å². The predicted molar refractivity (Wildman–Crippen MR) is 101 cm³/mol. The van der Waals surface area contributed by atoms with E-state index in [2.05, 4.69) is 15.3 Å². The number of hydrogen-bond acceptors (Lipinski definition) is 5. The molecule has 0 spiro atoms. The molecule has 1 N–H and O–H groups in total. The zero-order valence-electron chi connectivity index (χ0n) is 13.6. The van der Waals surface area contributed by atoms with Crippen molar-refractivity contribution in [3.8, 4) is 0 Å². The van der Waals surface area contributed by atoms with Crippen molar-refractivity contribution < 1.29 is 12.8 Å². The van der Waals surface area contributed by atoms with Gasteiger partial charge in [0, 0.05) is 12.8 Å². The highest BCUT2D eigenvalue weighted by Crippen LogP contribution is 2.28. The van der Waals surface area contributed by atoms with Crippen molar-refractivity contribution in [2.24, 2.45) is 0 Å². The fourth-order valence-corrected chi connectivity index (χ4v) is 3.48. The van der Waals surface area contributed by atoms with E-state index < -0.39 is 9.84 Å². The van der Waals surface area contributed by atoms with Gasteiger partial charge >= 0.3 is 0 Å². The normalized spacial score (nSPS) is 11.7. The van der Waals surface area contributed by atoms with Gasteiger partial charge in [-0.2, -0.15) is 0 Å². The van der Waals surface area contributed by atoms with Crippen LogP contribution >= 0.6 is 23.2 Å². The Morgan fingerprint density at radius 1 is 1.08 bits per heavy atom. The first-order chi connectivity index (χ1) is 12.2. The molecule has 0 aliphatic carbocycles. The first-order valence-corrected chi connectivity index (χ1v) is 10.2. The van der Waals surface area contributed by atoms with Crippen LogP contribution < -0.4 is 5.32 Å². The molecule has 0 amide bonds. The first kappa shape index (κ1) is 18.8. The van der Waals surface area contributed by atoms with Crippen LogP contribution in [0.15, 0.2) is 41.4 Å². The molecule has 1 heterocycles. The van der Waals surface area contributed by atoms with Crippen molar-refractivity contribution >= 4 is 49.9 Å². The number of anilines is 1. The van der Waals surface area contributed by atoms with Crippen molar-refractivity contribution in [3.05, 3.63) is 57.8 Å². The summed E-state index contributed by atoms with van der Waals surface area (Å²) in [4.78, 5) is 8.49. The number of nitrogens with one attached hydrogen (secondary N) is 1. The zero-order valence-corrected chi connectivity index (χ0v) is 16.0. The van der Waals surface area contributed by atoms with Crippen LogP contribution in [0.4, 0.5) is 10.2 Å². The Morgan fingerprint density at radius 3 is 2.35 bits per heavy atom. The molecule has 0 saturated heterocycles. The van der Waals surface area contributed by atoms with Crippen LogP contribution in [0.2, 0.25) is 10.0 Å². The summed E-state index contributed by atoms with van der Waals surface area (Å²) >= 11 is 12.0. The van der Waals surface area contributed by atoms with Crippen LogP contribution in [0.3, 0.4) is 0 Å². The second kappa shape index (κ2) is 7.34. The van der Waals surface area contributed by atoms with Gasteiger partial charge in [-0.25, -0.2) is 22.8 Å². The smallest absolute Gasteiger partial charge is 0.198 e. The maximum atomic E-state index is 13.2. The van der Waals surface area contributed by atoms with Crippen LogP contribution in [0.25, 0.3) is 11.0 Å². The fraction of sp³-hybridized carbons (Fsp3) is 0.176. The van der Waals surface area contributed by atoms with Crippen molar-refractivity contribution in [1.29, 1.82) is 0 Å². The van der Waals surface area contributed by atoms with Gasteiger partial charge in [0.25, 0.3) is 0 Å². The van der Waals surface area contributed by atoms with E-state index in [-0.39, 0.29) is 21.7 Å². The third-order valence-electron chi connectivity index (χ3n) is 3.62. The average Bonchev–Trinajstić information content (AvgIpc) is 2.55. The lowest BCUT2D eigenvalue weighted by molar-refractivity contribution is 0.598. The van der Waals surface area contributed by atoms with E-state index in [0.717, 1.165) is 11.8 Å². The van der Waals surface area contributed by atoms with Crippen LogP contribution in [-0.2, 0) is 16.3 Å². The third kappa shape index (κ3) is 4.23. The molecule has 3 rings (SSSR count). The molecule has 3 aromatic rings. The van der Waals surface area contributed by atoms with Gasteiger partial charge in [-0.1, -0.05) is 35.3 Å². The first-order valence-electron chi connectivity index (χ1n) is 7.59. The fourth-order valence-electron chi connectivity index (χ4n) is 2.43. The summed E-state index contributed by atoms with van der Waals surface area (Å²) in [5.74, 6) is -0.203. The number of rotatable bonds is 5. The van der Waals surface area contributed by atoms with Crippen molar-refractivity contribution in [2.75, 3.05) is 18.1 Å². The lowest BCUT2D eigenvalue weighted by atomic mass is 10.1. The van der Waals surface area contributed by atoms with Crippen LogP contribution in [0.1, 0.15) is 5.56 Å². The molecule has 2 aromatic carbocycles. The number of aromatic nitrogens is 2. The number of halogens is 3. The van der Waals surface area contributed by atoms with Crippen molar-refractivity contribution in [2.45, 2.75) is 11.4 Å². The molecule has 1 aromatic heterocycles. The molecular weight excluding hydrogens is 400 g/mol. The Kier molecular flexibility index (Phi) is 5.32. The van der Waals surface area contributed by atoms with Crippen LogP contribution in [0, 0.1) is 5.82 Å². The van der Waals surface area contributed by atoms with E-state index in [1.807, 2.05) is 0 Å². The van der Waals surface area contributed by atoms with Gasteiger partial charge in [-0.05, 0) is 36.2 Å². The molecule has 0 aliphatic heterocycles. The predicted octanol–water partition coefficient (Wildman–Crippen LogP) is 4.13. The molecule has 9 heteroatoms. The van der Waals surface area contributed by atoms with E-state index in [9.17, 15) is 12.8 Å². The standard InChI is InChI=1S/C17H14Cl2FN3O2S/c1-26(24,25)17-16(21-6-5-10-3-2-4-11(20)7-10)22-14-8-12(18)13(19)9-15(14)23-17/h2-4,7-9H,5-6H2,1H3,(H,21,22). The summed E-state index contributed by atoms with van der Waals surface area (Å²) in [6.45, 7) is 0.355. The Labute approximate surface area is 160 Å². The van der Waals surface area contributed by atoms with Gasteiger partial charge in [-0.15, -0.1) is 0 Å². The van der Waals surface area contributed by atoms with Gasteiger partial charge in [-0.3, -0.25) is 0 Å². The summed E-state index contributed by atoms with van der Waals surface area (Å²) in [5, 5.41) is 3.35. The van der Waals surface area contributed by atoms with Gasteiger partial charge in [0.1, 0.15) is 5.82 Å². The minimum atomic E-state index is -3.62. The minimum absolute atomic E-state index is 0.120. The van der Waals surface area contributed by atoms with Gasteiger partial charge in [0.15, 0.2) is 20.7 Å². The highest BCUT2D eigenvalue weighted by molar-refractivity contribution is 7.90. The van der Waals surface area contributed by atoms with Gasteiger partial charge < -0.3 is 5.32 Å². The maximum Gasteiger partial charge on any atom is 0.198 e. The summed E-state index contributed by atoms with van der Waals surface area (Å²) in [6, 6.07) is 9.19. The third-order valence-corrected chi connectivity index (χ3v) is 5.33.